The van der Waals surface area contributed by atoms with Crippen LogP contribution in [0.2, 0.25) is 0 Å². The number of carbonyl (C=O) groups excluding carboxylic acids is 1. The van der Waals surface area contributed by atoms with Crippen molar-refractivity contribution in [2.75, 3.05) is 5.32 Å². The Labute approximate surface area is 133 Å². The van der Waals surface area contributed by atoms with E-state index in [1.54, 1.807) is 6.92 Å². The summed E-state index contributed by atoms with van der Waals surface area (Å²) in [6.45, 7) is 5.80. The number of hydrogen-bond acceptors (Lipinski definition) is 2. The van der Waals surface area contributed by atoms with Crippen LogP contribution in [0.5, 0.6) is 5.75 Å². The molecule has 0 saturated carbocycles. The molecule has 0 fully saturated rings. The maximum Gasteiger partial charge on any atom is 0.265 e. The minimum atomic E-state index is -0.570. The van der Waals surface area contributed by atoms with Crippen molar-refractivity contribution in [1.29, 1.82) is 0 Å². The fourth-order valence-electron chi connectivity index (χ4n) is 1.84. The van der Waals surface area contributed by atoms with Gasteiger partial charge < -0.3 is 10.1 Å². The number of hydrogen-bond donors (Lipinski definition) is 1. The lowest BCUT2D eigenvalue weighted by Gasteiger charge is -2.16. The van der Waals surface area contributed by atoms with E-state index >= 15 is 0 Å². The summed E-state index contributed by atoms with van der Waals surface area (Å²) >= 11 is 3.40. The third-order valence-electron chi connectivity index (χ3n) is 3.29. The van der Waals surface area contributed by atoms with Gasteiger partial charge in [-0.1, -0.05) is 18.2 Å². The average Bonchev–Trinajstić information content (AvgIpc) is 2.45. The van der Waals surface area contributed by atoms with Crippen LogP contribution in [0.4, 0.5) is 5.69 Å². The highest BCUT2D eigenvalue weighted by atomic mass is 79.9. The third-order valence-corrected chi connectivity index (χ3v) is 3.98. The molecule has 1 amide bonds. The monoisotopic (exact) mass is 347 g/mol. The standard InChI is InChI=1S/C17H18BrNO2/c1-11-8-9-14(10-12(11)2)21-13(3)17(20)19-16-7-5-4-6-15(16)18/h4-10,13H,1-3H3,(H,19,20)/t13-/m0/s1. The number of nitrogens with one attached hydrogen (secondary N) is 1. The summed E-state index contributed by atoms with van der Waals surface area (Å²) in [6, 6.07) is 13.3. The zero-order valence-electron chi connectivity index (χ0n) is 12.3. The lowest BCUT2D eigenvalue weighted by Crippen LogP contribution is -2.30. The van der Waals surface area contributed by atoms with Gasteiger partial charge in [-0.25, -0.2) is 0 Å². The number of benzene rings is 2. The van der Waals surface area contributed by atoms with Crippen LogP contribution >= 0.6 is 15.9 Å². The summed E-state index contributed by atoms with van der Waals surface area (Å²) in [7, 11) is 0. The summed E-state index contributed by atoms with van der Waals surface area (Å²) < 4.78 is 6.54. The molecule has 0 bridgehead atoms. The quantitative estimate of drug-likeness (QED) is 0.885. The summed E-state index contributed by atoms with van der Waals surface area (Å²) in [4.78, 5) is 12.2. The van der Waals surface area contributed by atoms with Crippen LogP contribution in [0, 0.1) is 13.8 Å². The zero-order valence-corrected chi connectivity index (χ0v) is 13.9. The molecule has 0 aliphatic rings. The molecule has 0 spiro atoms. The largest absolute Gasteiger partial charge is 0.481 e. The van der Waals surface area contributed by atoms with Crippen LogP contribution in [0.25, 0.3) is 0 Å². The van der Waals surface area contributed by atoms with Crippen molar-refractivity contribution < 1.29 is 9.53 Å². The molecule has 0 aromatic heterocycles. The van der Waals surface area contributed by atoms with E-state index in [0.717, 1.165) is 15.7 Å². The van der Waals surface area contributed by atoms with Crippen molar-refractivity contribution in [3.63, 3.8) is 0 Å². The number of carbonyl (C=O) groups is 1. The lowest BCUT2D eigenvalue weighted by atomic mass is 10.1. The SMILES string of the molecule is Cc1ccc(O[C@@H](C)C(=O)Nc2ccccc2Br)cc1C. The second-order valence-electron chi connectivity index (χ2n) is 4.98. The number of amides is 1. The predicted molar refractivity (Wildman–Crippen MR) is 88.8 cm³/mol. The highest BCUT2D eigenvalue weighted by Crippen LogP contribution is 2.22. The molecule has 3 nitrogen and oxygen atoms in total. The Morgan fingerprint density at radius 2 is 1.86 bits per heavy atom. The number of anilines is 1. The Hall–Kier alpha value is -1.81. The van der Waals surface area contributed by atoms with Gasteiger partial charge in [0.1, 0.15) is 5.75 Å². The van der Waals surface area contributed by atoms with Gasteiger partial charge in [-0.15, -0.1) is 0 Å². The summed E-state index contributed by atoms with van der Waals surface area (Å²) in [5.41, 5.74) is 3.08. The van der Waals surface area contributed by atoms with E-state index in [2.05, 4.69) is 21.2 Å². The van der Waals surface area contributed by atoms with Crippen molar-refractivity contribution in [2.24, 2.45) is 0 Å². The Bertz CT molecular complexity index is 655. The molecule has 0 heterocycles. The van der Waals surface area contributed by atoms with Crippen molar-refractivity contribution in [1.82, 2.24) is 0 Å². The lowest BCUT2D eigenvalue weighted by molar-refractivity contribution is -0.122. The minimum Gasteiger partial charge on any atom is -0.481 e. The van der Waals surface area contributed by atoms with E-state index < -0.39 is 6.10 Å². The first-order chi connectivity index (χ1) is 9.97. The van der Waals surface area contributed by atoms with Crippen molar-refractivity contribution >= 4 is 27.5 Å². The molecule has 0 aliphatic carbocycles. The second-order valence-corrected chi connectivity index (χ2v) is 5.83. The number of ether oxygens (including phenoxy) is 1. The first-order valence-corrected chi connectivity index (χ1v) is 7.56. The fraction of sp³-hybridized carbons (Fsp3) is 0.235. The minimum absolute atomic E-state index is 0.180. The van der Waals surface area contributed by atoms with Gasteiger partial charge in [0, 0.05) is 4.47 Å². The normalized spacial score (nSPS) is 11.8. The highest BCUT2D eigenvalue weighted by molar-refractivity contribution is 9.10. The van der Waals surface area contributed by atoms with Crippen LogP contribution in [-0.4, -0.2) is 12.0 Å². The molecule has 4 heteroatoms. The Morgan fingerprint density at radius 3 is 2.52 bits per heavy atom. The molecule has 0 saturated heterocycles. The molecule has 0 radical (unpaired) electrons. The van der Waals surface area contributed by atoms with Gasteiger partial charge >= 0.3 is 0 Å². The first kappa shape index (κ1) is 15.6. The van der Waals surface area contributed by atoms with Crippen LogP contribution in [0.1, 0.15) is 18.1 Å². The molecular formula is C17H18BrNO2. The average molecular weight is 348 g/mol. The summed E-state index contributed by atoms with van der Waals surface area (Å²) in [5, 5.41) is 2.85. The summed E-state index contributed by atoms with van der Waals surface area (Å²) in [5.74, 6) is 0.521. The molecule has 21 heavy (non-hydrogen) atoms. The van der Waals surface area contributed by atoms with Gasteiger partial charge in [0.25, 0.3) is 5.91 Å². The summed E-state index contributed by atoms with van der Waals surface area (Å²) in [6.07, 6.45) is -0.570. The highest BCUT2D eigenvalue weighted by Gasteiger charge is 2.16. The van der Waals surface area contributed by atoms with Gasteiger partial charge in [-0.2, -0.15) is 0 Å². The predicted octanol–water partition coefficient (Wildman–Crippen LogP) is 4.47. The molecule has 0 unspecified atom stereocenters. The van der Waals surface area contributed by atoms with E-state index in [9.17, 15) is 4.79 Å². The van der Waals surface area contributed by atoms with Crippen LogP contribution in [0.3, 0.4) is 0 Å². The maximum absolute atomic E-state index is 12.2. The van der Waals surface area contributed by atoms with Crippen molar-refractivity contribution in [3.8, 4) is 5.75 Å². The van der Waals surface area contributed by atoms with Gasteiger partial charge in [0.2, 0.25) is 0 Å². The van der Waals surface area contributed by atoms with E-state index in [-0.39, 0.29) is 5.91 Å². The molecule has 110 valence electrons. The zero-order chi connectivity index (χ0) is 15.4. The number of halogens is 1. The molecule has 2 rings (SSSR count). The molecule has 2 aromatic carbocycles. The molecule has 1 N–H and O–H groups in total. The van der Waals surface area contributed by atoms with E-state index in [1.165, 1.54) is 5.56 Å². The van der Waals surface area contributed by atoms with Gasteiger partial charge in [0.05, 0.1) is 5.69 Å². The van der Waals surface area contributed by atoms with Crippen LogP contribution in [0.15, 0.2) is 46.9 Å². The molecule has 0 aliphatic heterocycles. The topological polar surface area (TPSA) is 38.3 Å². The van der Waals surface area contributed by atoms with Crippen molar-refractivity contribution in [2.45, 2.75) is 26.9 Å². The van der Waals surface area contributed by atoms with Gasteiger partial charge in [0.15, 0.2) is 6.10 Å². The third kappa shape index (κ3) is 4.08. The smallest absolute Gasteiger partial charge is 0.265 e. The first-order valence-electron chi connectivity index (χ1n) is 6.76. The fourth-order valence-corrected chi connectivity index (χ4v) is 2.23. The Kier molecular flexibility index (Phi) is 5.02. The van der Waals surface area contributed by atoms with Gasteiger partial charge in [-0.3, -0.25) is 4.79 Å². The second kappa shape index (κ2) is 6.76. The maximum atomic E-state index is 12.2. The Morgan fingerprint density at radius 1 is 1.14 bits per heavy atom. The van der Waals surface area contributed by atoms with E-state index in [1.807, 2.05) is 56.3 Å². The number of aryl methyl sites for hydroxylation is 2. The van der Waals surface area contributed by atoms with E-state index in [0.29, 0.717) is 5.75 Å². The molecular weight excluding hydrogens is 330 g/mol. The van der Waals surface area contributed by atoms with Gasteiger partial charge in [-0.05, 0) is 72.1 Å². The number of para-hydroxylation sites is 1. The Balaban J connectivity index is 2.02. The van der Waals surface area contributed by atoms with Crippen molar-refractivity contribution in [3.05, 3.63) is 58.1 Å². The van der Waals surface area contributed by atoms with Crippen LogP contribution in [-0.2, 0) is 4.79 Å². The van der Waals surface area contributed by atoms with E-state index in [4.69, 9.17) is 4.74 Å². The number of rotatable bonds is 4. The molecule has 2 aromatic rings. The molecule has 1 atom stereocenters. The van der Waals surface area contributed by atoms with Crippen LogP contribution < -0.4 is 10.1 Å².